The normalized spacial score (nSPS) is 17.8. The van der Waals surface area contributed by atoms with Crippen molar-refractivity contribution < 1.29 is 28.9 Å². The van der Waals surface area contributed by atoms with Crippen molar-refractivity contribution in [2.24, 2.45) is 0 Å². The highest BCUT2D eigenvalue weighted by molar-refractivity contribution is 6.46. The summed E-state index contributed by atoms with van der Waals surface area (Å²) >= 11 is 0. The van der Waals surface area contributed by atoms with Gasteiger partial charge in [-0.2, -0.15) is 0 Å². The molecule has 1 unspecified atom stereocenters. The summed E-state index contributed by atoms with van der Waals surface area (Å²) in [4.78, 5) is 27.3. The van der Waals surface area contributed by atoms with Gasteiger partial charge in [-0.25, -0.2) is 0 Å². The van der Waals surface area contributed by atoms with Gasteiger partial charge in [-0.05, 0) is 54.8 Å². The van der Waals surface area contributed by atoms with E-state index >= 15 is 0 Å². The number of Topliss-reactive ketones (excluding diaryl/α,β-unsaturated/α-hetero) is 1. The van der Waals surface area contributed by atoms with Crippen molar-refractivity contribution in [1.82, 2.24) is 4.90 Å². The molecule has 0 bridgehead atoms. The van der Waals surface area contributed by atoms with Crippen molar-refractivity contribution >= 4 is 17.4 Å². The summed E-state index contributed by atoms with van der Waals surface area (Å²) in [5, 5.41) is 11.3. The molecule has 1 aliphatic heterocycles. The molecule has 0 radical (unpaired) electrons. The van der Waals surface area contributed by atoms with Gasteiger partial charge in [-0.3, -0.25) is 9.59 Å². The van der Waals surface area contributed by atoms with Crippen LogP contribution in [-0.2, 0) is 14.3 Å². The van der Waals surface area contributed by atoms with Crippen molar-refractivity contribution in [3.05, 3.63) is 64.2 Å². The second-order valence-electron chi connectivity index (χ2n) is 7.40. The number of rotatable bonds is 7. The fraction of sp³-hybridized carbons (Fsp3) is 0.333. The molecule has 164 valence electrons. The smallest absolute Gasteiger partial charge is 0.295 e. The van der Waals surface area contributed by atoms with Crippen molar-refractivity contribution in [2.75, 3.05) is 34.5 Å². The Kier molecular flexibility index (Phi) is 6.65. The summed E-state index contributed by atoms with van der Waals surface area (Å²) in [5.74, 6) is -0.344. The fourth-order valence-electron chi connectivity index (χ4n) is 3.87. The summed E-state index contributed by atoms with van der Waals surface area (Å²) in [6.07, 6.45) is 0. The van der Waals surface area contributed by atoms with Crippen LogP contribution in [0.2, 0.25) is 0 Å². The molecule has 1 aliphatic rings. The number of likely N-dealkylation sites (tertiary alicyclic amines) is 1. The minimum absolute atomic E-state index is 0.0435. The van der Waals surface area contributed by atoms with E-state index in [1.54, 1.807) is 50.6 Å². The van der Waals surface area contributed by atoms with Gasteiger partial charge >= 0.3 is 0 Å². The zero-order chi connectivity index (χ0) is 22.7. The van der Waals surface area contributed by atoms with Gasteiger partial charge in [0.15, 0.2) is 0 Å². The number of benzene rings is 2. The molecule has 3 rings (SSSR count). The summed E-state index contributed by atoms with van der Waals surface area (Å²) in [6, 6.07) is 9.93. The van der Waals surface area contributed by atoms with Gasteiger partial charge in [0.2, 0.25) is 0 Å². The number of aryl methyl sites for hydroxylation is 2. The molecular weight excluding hydrogens is 398 g/mol. The zero-order valence-corrected chi connectivity index (χ0v) is 18.4. The molecule has 7 heteroatoms. The molecule has 0 aliphatic carbocycles. The van der Waals surface area contributed by atoms with Crippen LogP contribution in [0.25, 0.3) is 5.76 Å². The molecule has 0 aromatic heterocycles. The number of aliphatic hydroxyl groups excluding tert-OH is 1. The Balaban J connectivity index is 2.22. The summed E-state index contributed by atoms with van der Waals surface area (Å²) < 4.78 is 15.8. The molecule has 2 aromatic rings. The predicted molar refractivity (Wildman–Crippen MR) is 116 cm³/mol. The molecule has 1 amide bonds. The van der Waals surface area contributed by atoms with Gasteiger partial charge in [0.25, 0.3) is 11.7 Å². The number of carbonyl (C=O) groups is 2. The van der Waals surface area contributed by atoms with Crippen molar-refractivity contribution in [3.63, 3.8) is 0 Å². The molecule has 1 N–H and O–H groups in total. The molecular formula is C24H27NO6. The third-order valence-electron chi connectivity index (χ3n) is 5.48. The first kappa shape index (κ1) is 22.4. The van der Waals surface area contributed by atoms with Crippen LogP contribution in [0, 0.1) is 13.8 Å². The zero-order valence-electron chi connectivity index (χ0n) is 18.4. The van der Waals surface area contributed by atoms with Crippen molar-refractivity contribution in [3.8, 4) is 11.5 Å². The summed E-state index contributed by atoms with van der Waals surface area (Å²) in [5.41, 5.74) is 2.73. The highest BCUT2D eigenvalue weighted by Gasteiger charge is 2.46. The average Bonchev–Trinajstić information content (AvgIpc) is 3.03. The quantitative estimate of drug-likeness (QED) is 0.416. The lowest BCUT2D eigenvalue weighted by Crippen LogP contribution is -2.32. The lowest BCUT2D eigenvalue weighted by Gasteiger charge is -2.25. The van der Waals surface area contributed by atoms with E-state index in [0.29, 0.717) is 22.6 Å². The predicted octanol–water partition coefficient (Wildman–Crippen LogP) is 3.39. The van der Waals surface area contributed by atoms with Crippen LogP contribution >= 0.6 is 0 Å². The van der Waals surface area contributed by atoms with Crippen LogP contribution < -0.4 is 9.47 Å². The third-order valence-corrected chi connectivity index (χ3v) is 5.48. The minimum Gasteiger partial charge on any atom is -0.507 e. The van der Waals surface area contributed by atoms with E-state index in [9.17, 15) is 14.7 Å². The molecule has 1 fully saturated rings. The van der Waals surface area contributed by atoms with E-state index in [1.807, 2.05) is 13.8 Å². The Morgan fingerprint density at radius 1 is 1.03 bits per heavy atom. The standard InChI is InChI=1S/C24H27NO6/c1-14-12-19(31-5)15(2)11-18(14)22(26)20-21(16-7-6-8-17(13-16)30-4)25(9-10-29-3)24(28)23(20)27/h6-8,11-13,21,26H,9-10H2,1-5H3/b22-20+. The van der Waals surface area contributed by atoms with E-state index in [2.05, 4.69) is 0 Å². The Hall–Kier alpha value is -3.32. The number of hydrogen-bond donors (Lipinski definition) is 1. The Morgan fingerprint density at radius 3 is 2.42 bits per heavy atom. The molecule has 2 aromatic carbocycles. The molecule has 1 heterocycles. The minimum atomic E-state index is -0.757. The van der Waals surface area contributed by atoms with Crippen LogP contribution in [-0.4, -0.2) is 56.2 Å². The van der Waals surface area contributed by atoms with Crippen LogP contribution in [0.5, 0.6) is 11.5 Å². The van der Waals surface area contributed by atoms with Gasteiger partial charge < -0.3 is 24.2 Å². The van der Waals surface area contributed by atoms with Gasteiger partial charge in [-0.1, -0.05) is 12.1 Å². The van der Waals surface area contributed by atoms with Gasteiger partial charge in [0.1, 0.15) is 17.3 Å². The van der Waals surface area contributed by atoms with E-state index < -0.39 is 17.7 Å². The maximum atomic E-state index is 13.0. The number of ether oxygens (including phenoxy) is 3. The fourth-order valence-corrected chi connectivity index (χ4v) is 3.87. The number of ketones is 1. The van der Waals surface area contributed by atoms with E-state index in [-0.39, 0.29) is 24.5 Å². The molecule has 0 spiro atoms. The summed E-state index contributed by atoms with van der Waals surface area (Å²) in [7, 11) is 4.65. The highest BCUT2D eigenvalue weighted by atomic mass is 16.5. The first-order chi connectivity index (χ1) is 14.8. The van der Waals surface area contributed by atoms with Gasteiger partial charge in [0, 0.05) is 19.2 Å². The molecule has 31 heavy (non-hydrogen) atoms. The van der Waals surface area contributed by atoms with Crippen LogP contribution in [0.15, 0.2) is 42.0 Å². The lowest BCUT2D eigenvalue weighted by atomic mass is 9.93. The van der Waals surface area contributed by atoms with Crippen molar-refractivity contribution in [2.45, 2.75) is 19.9 Å². The molecule has 7 nitrogen and oxygen atoms in total. The number of hydrogen-bond acceptors (Lipinski definition) is 6. The van der Waals surface area contributed by atoms with Crippen molar-refractivity contribution in [1.29, 1.82) is 0 Å². The highest BCUT2D eigenvalue weighted by Crippen LogP contribution is 2.41. The number of nitrogens with zero attached hydrogens (tertiary/aromatic N) is 1. The number of methoxy groups -OCH3 is 3. The number of carbonyl (C=O) groups excluding carboxylic acids is 2. The molecule has 1 atom stereocenters. The van der Waals surface area contributed by atoms with E-state index in [0.717, 1.165) is 11.1 Å². The van der Waals surface area contributed by atoms with Crippen LogP contribution in [0.3, 0.4) is 0 Å². The third kappa shape index (κ3) is 4.14. The van der Waals surface area contributed by atoms with Crippen LogP contribution in [0.1, 0.15) is 28.3 Å². The number of aliphatic hydroxyl groups is 1. The monoisotopic (exact) mass is 425 g/mol. The average molecular weight is 425 g/mol. The Bertz CT molecular complexity index is 1040. The first-order valence-corrected chi connectivity index (χ1v) is 9.90. The molecule has 0 saturated carbocycles. The van der Waals surface area contributed by atoms with E-state index in [1.165, 1.54) is 12.0 Å². The Morgan fingerprint density at radius 2 is 1.77 bits per heavy atom. The largest absolute Gasteiger partial charge is 0.507 e. The second-order valence-corrected chi connectivity index (χ2v) is 7.40. The maximum absolute atomic E-state index is 13.0. The van der Waals surface area contributed by atoms with Gasteiger partial charge in [0.05, 0.1) is 32.4 Å². The van der Waals surface area contributed by atoms with Crippen LogP contribution in [0.4, 0.5) is 0 Å². The Labute approximate surface area is 181 Å². The maximum Gasteiger partial charge on any atom is 0.295 e. The second kappa shape index (κ2) is 9.22. The first-order valence-electron chi connectivity index (χ1n) is 9.90. The molecule has 1 saturated heterocycles. The topological polar surface area (TPSA) is 85.3 Å². The summed E-state index contributed by atoms with van der Waals surface area (Å²) in [6.45, 7) is 4.14. The lowest BCUT2D eigenvalue weighted by molar-refractivity contribution is -0.140. The SMILES string of the molecule is COCCN1C(=O)C(=O)/C(=C(/O)c2cc(C)c(OC)cc2C)C1c1cccc(OC)c1. The number of amides is 1. The van der Waals surface area contributed by atoms with E-state index in [4.69, 9.17) is 14.2 Å². The van der Waals surface area contributed by atoms with Gasteiger partial charge in [-0.15, -0.1) is 0 Å².